The summed E-state index contributed by atoms with van der Waals surface area (Å²) in [5.41, 5.74) is 2.45. The van der Waals surface area contributed by atoms with E-state index in [-0.39, 0.29) is 6.61 Å². The third-order valence-electron chi connectivity index (χ3n) is 6.31. The molecule has 2 saturated heterocycles. The smallest absolute Gasteiger partial charge is 0.236 e. The zero-order valence-electron chi connectivity index (χ0n) is 18.8. The zero-order chi connectivity index (χ0) is 21.9. The summed E-state index contributed by atoms with van der Waals surface area (Å²) in [5.74, 6) is 3.11. The van der Waals surface area contributed by atoms with Crippen molar-refractivity contribution in [2.75, 3.05) is 43.2 Å². The Balaban J connectivity index is 1.41. The van der Waals surface area contributed by atoms with Gasteiger partial charge in [-0.2, -0.15) is 0 Å². The van der Waals surface area contributed by atoms with Crippen molar-refractivity contribution in [1.82, 2.24) is 19.9 Å². The Hall–Kier alpha value is -3.00. The van der Waals surface area contributed by atoms with Crippen LogP contribution >= 0.6 is 0 Å². The SMILES string of the molecule is Cc1nc2ccccc2nc1OCc1nc(N2CCCC2)cc(N(C)C2CCOCC2)n1. The molecule has 4 heterocycles. The van der Waals surface area contributed by atoms with Crippen molar-refractivity contribution in [3.05, 3.63) is 41.9 Å². The van der Waals surface area contributed by atoms with E-state index >= 15 is 0 Å². The Morgan fingerprint density at radius 3 is 2.50 bits per heavy atom. The van der Waals surface area contributed by atoms with Gasteiger partial charge in [0.2, 0.25) is 5.88 Å². The number of para-hydroxylation sites is 2. The Labute approximate surface area is 188 Å². The lowest BCUT2D eigenvalue weighted by molar-refractivity contribution is 0.0853. The average molecular weight is 435 g/mol. The predicted molar refractivity (Wildman–Crippen MR) is 124 cm³/mol. The molecule has 0 bridgehead atoms. The van der Waals surface area contributed by atoms with Crippen LogP contribution in [0.3, 0.4) is 0 Å². The normalized spacial score (nSPS) is 17.1. The molecule has 1 aromatic carbocycles. The van der Waals surface area contributed by atoms with Crippen molar-refractivity contribution in [2.24, 2.45) is 0 Å². The minimum atomic E-state index is 0.254. The van der Waals surface area contributed by atoms with Crippen LogP contribution in [0, 0.1) is 6.92 Å². The number of anilines is 2. The van der Waals surface area contributed by atoms with Gasteiger partial charge in [0.05, 0.1) is 11.0 Å². The summed E-state index contributed by atoms with van der Waals surface area (Å²) in [5, 5.41) is 0. The van der Waals surface area contributed by atoms with E-state index in [9.17, 15) is 0 Å². The van der Waals surface area contributed by atoms with Crippen LogP contribution in [0.25, 0.3) is 11.0 Å². The lowest BCUT2D eigenvalue weighted by Gasteiger charge is -2.32. The van der Waals surface area contributed by atoms with Crippen molar-refractivity contribution in [3.63, 3.8) is 0 Å². The monoisotopic (exact) mass is 434 g/mol. The lowest BCUT2D eigenvalue weighted by Crippen LogP contribution is -2.37. The van der Waals surface area contributed by atoms with E-state index in [0.29, 0.717) is 17.7 Å². The fourth-order valence-corrected chi connectivity index (χ4v) is 4.42. The van der Waals surface area contributed by atoms with Crippen LogP contribution in [0.15, 0.2) is 30.3 Å². The second-order valence-corrected chi connectivity index (χ2v) is 8.54. The summed E-state index contributed by atoms with van der Waals surface area (Å²) in [6, 6.07) is 10.4. The Morgan fingerprint density at radius 1 is 1.03 bits per heavy atom. The van der Waals surface area contributed by atoms with Gasteiger partial charge in [0.1, 0.15) is 23.9 Å². The van der Waals surface area contributed by atoms with Crippen LogP contribution in [-0.2, 0) is 11.3 Å². The Bertz CT molecular complexity index is 1080. The molecule has 0 amide bonds. The van der Waals surface area contributed by atoms with Gasteiger partial charge < -0.3 is 19.3 Å². The summed E-state index contributed by atoms with van der Waals surface area (Å²) in [4.78, 5) is 23.6. The highest BCUT2D eigenvalue weighted by Crippen LogP contribution is 2.26. The molecule has 0 unspecified atom stereocenters. The van der Waals surface area contributed by atoms with Crippen molar-refractivity contribution >= 4 is 22.7 Å². The van der Waals surface area contributed by atoms with Gasteiger partial charge in [-0.05, 0) is 44.7 Å². The average Bonchev–Trinajstić information content (AvgIpc) is 3.38. The molecule has 2 aromatic heterocycles. The van der Waals surface area contributed by atoms with Crippen molar-refractivity contribution in [3.8, 4) is 5.88 Å². The lowest BCUT2D eigenvalue weighted by atomic mass is 10.1. The molecule has 3 aromatic rings. The highest BCUT2D eigenvalue weighted by Gasteiger charge is 2.23. The van der Waals surface area contributed by atoms with E-state index < -0.39 is 0 Å². The molecule has 0 saturated carbocycles. The van der Waals surface area contributed by atoms with Gasteiger partial charge in [0.25, 0.3) is 0 Å². The van der Waals surface area contributed by atoms with Crippen LogP contribution in [0.4, 0.5) is 11.6 Å². The van der Waals surface area contributed by atoms with Crippen LogP contribution < -0.4 is 14.5 Å². The molecule has 2 aliphatic heterocycles. The number of ether oxygens (including phenoxy) is 2. The number of nitrogens with zero attached hydrogens (tertiary/aromatic N) is 6. The van der Waals surface area contributed by atoms with Crippen LogP contribution in [0.5, 0.6) is 5.88 Å². The number of hydrogen-bond acceptors (Lipinski definition) is 8. The maximum absolute atomic E-state index is 6.07. The van der Waals surface area contributed by atoms with Gasteiger partial charge in [0, 0.05) is 45.5 Å². The third-order valence-corrected chi connectivity index (χ3v) is 6.31. The van der Waals surface area contributed by atoms with Crippen molar-refractivity contribution in [1.29, 1.82) is 0 Å². The summed E-state index contributed by atoms with van der Waals surface area (Å²) < 4.78 is 11.6. The van der Waals surface area contributed by atoms with Crippen LogP contribution in [0.2, 0.25) is 0 Å². The molecule has 2 aliphatic rings. The molecule has 168 valence electrons. The summed E-state index contributed by atoms with van der Waals surface area (Å²) in [6.45, 7) is 5.84. The quantitative estimate of drug-likeness (QED) is 0.583. The molecule has 0 radical (unpaired) electrons. The first kappa shape index (κ1) is 20.9. The molecule has 8 heteroatoms. The molecule has 8 nitrogen and oxygen atoms in total. The molecular weight excluding hydrogens is 404 g/mol. The topological polar surface area (TPSA) is 76.5 Å². The van der Waals surface area contributed by atoms with E-state index in [0.717, 1.165) is 67.5 Å². The van der Waals surface area contributed by atoms with Gasteiger partial charge in [-0.3, -0.25) is 0 Å². The maximum atomic E-state index is 6.07. The highest BCUT2D eigenvalue weighted by atomic mass is 16.5. The summed E-state index contributed by atoms with van der Waals surface area (Å²) in [6.07, 6.45) is 4.42. The third kappa shape index (κ3) is 4.46. The number of benzene rings is 1. The molecule has 0 N–H and O–H groups in total. The number of fused-ring (bicyclic) bond motifs is 1. The number of rotatable bonds is 6. The molecule has 2 fully saturated rings. The fourth-order valence-electron chi connectivity index (χ4n) is 4.42. The number of aromatic nitrogens is 4. The van der Waals surface area contributed by atoms with Gasteiger partial charge in [-0.25, -0.2) is 19.9 Å². The first-order chi connectivity index (χ1) is 15.7. The number of hydrogen-bond donors (Lipinski definition) is 0. The molecular formula is C24H30N6O2. The van der Waals surface area contributed by atoms with Crippen molar-refractivity contribution in [2.45, 2.75) is 45.3 Å². The first-order valence-corrected chi connectivity index (χ1v) is 11.5. The second-order valence-electron chi connectivity index (χ2n) is 8.54. The highest BCUT2D eigenvalue weighted by molar-refractivity contribution is 5.74. The number of aryl methyl sites for hydroxylation is 1. The van der Waals surface area contributed by atoms with Crippen LogP contribution in [-0.4, -0.2) is 59.3 Å². The minimum absolute atomic E-state index is 0.254. The molecule has 32 heavy (non-hydrogen) atoms. The minimum Gasteiger partial charge on any atom is -0.468 e. The van der Waals surface area contributed by atoms with E-state index in [4.69, 9.17) is 19.4 Å². The molecule has 5 rings (SSSR count). The van der Waals surface area contributed by atoms with Gasteiger partial charge >= 0.3 is 0 Å². The first-order valence-electron chi connectivity index (χ1n) is 11.5. The molecule has 0 spiro atoms. The molecule has 0 atom stereocenters. The fraction of sp³-hybridized carbons (Fsp3) is 0.500. The summed E-state index contributed by atoms with van der Waals surface area (Å²) >= 11 is 0. The predicted octanol–water partition coefficient (Wildman–Crippen LogP) is 3.52. The largest absolute Gasteiger partial charge is 0.468 e. The van der Waals surface area contributed by atoms with E-state index in [1.807, 2.05) is 31.2 Å². The second kappa shape index (κ2) is 9.24. The Morgan fingerprint density at radius 2 is 1.75 bits per heavy atom. The molecule has 0 aliphatic carbocycles. The zero-order valence-corrected chi connectivity index (χ0v) is 18.8. The van der Waals surface area contributed by atoms with E-state index in [1.54, 1.807) is 0 Å². The maximum Gasteiger partial charge on any atom is 0.236 e. The van der Waals surface area contributed by atoms with Gasteiger partial charge in [0.15, 0.2) is 5.82 Å². The van der Waals surface area contributed by atoms with E-state index in [1.165, 1.54) is 12.8 Å². The van der Waals surface area contributed by atoms with Gasteiger partial charge in [-0.1, -0.05) is 12.1 Å². The summed E-state index contributed by atoms with van der Waals surface area (Å²) in [7, 11) is 2.12. The van der Waals surface area contributed by atoms with E-state index in [2.05, 4.69) is 32.9 Å². The standard InChI is InChI=1S/C24H30N6O2/c1-17-24(26-20-8-4-3-7-19(20)25-17)32-16-21-27-22(29(2)18-9-13-31-14-10-18)15-23(28-21)30-11-5-6-12-30/h3-4,7-8,15,18H,5-6,9-14,16H2,1-2H3. The Kier molecular flexibility index (Phi) is 6.03. The van der Waals surface area contributed by atoms with Gasteiger partial charge in [-0.15, -0.1) is 0 Å². The van der Waals surface area contributed by atoms with Crippen LogP contribution in [0.1, 0.15) is 37.2 Å². The van der Waals surface area contributed by atoms with Crippen molar-refractivity contribution < 1.29 is 9.47 Å².